The van der Waals surface area contributed by atoms with Crippen LogP contribution in [-0.4, -0.2) is 151 Å². The number of hydrogen-bond donors (Lipinski definition) is 4. The van der Waals surface area contributed by atoms with Gasteiger partial charge >= 0.3 is 0 Å². The van der Waals surface area contributed by atoms with Crippen LogP contribution in [0.25, 0.3) is 0 Å². The van der Waals surface area contributed by atoms with E-state index < -0.39 is 77.9 Å². The number of amides is 7. The van der Waals surface area contributed by atoms with Gasteiger partial charge in [0.15, 0.2) is 0 Å². The third-order valence-electron chi connectivity index (χ3n) is 11.1. The Balaban J connectivity index is 6.24. The number of aldehydes is 1. The van der Waals surface area contributed by atoms with Gasteiger partial charge in [-0.25, -0.2) is 0 Å². The second kappa shape index (κ2) is 26.4. The van der Waals surface area contributed by atoms with Gasteiger partial charge in [-0.3, -0.25) is 33.6 Å². The Morgan fingerprint density at radius 1 is 0.443 bits per heavy atom. The zero-order chi connectivity index (χ0) is 47.8. The lowest BCUT2D eigenvalue weighted by Crippen LogP contribution is -2.60. The Morgan fingerprint density at radius 2 is 0.836 bits per heavy atom. The van der Waals surface area contributed by atoms with Crippen LogP contribution >= 0.6 is 0 Å². The Morgan fingerprint density at radius 3 is 1.23 bits per heavy atom. The van der Waals surface area contributed by atoms with Gasteiger partial charge < -0.3 is 45.7 Å². The van der Waals surface area contributed by atoms with Crippen molar-refractivity contribution in [2.75, 3.05) is 35.2 Å². The van der Waals surface area contributed by atoms with Crippen LogP contribution in [0.3, 0.4) is 0 Å². The van der Waals surface area contributed by atoms with Crippen molar-refractivity contribution < 1.29 is 38.4 Å². The van der Waals surface area contributed by atoms with Crippen LogP contribution in [0, 0.1) is 35.5 Å². The summed E-state index contributed by atoms with van der Waals surface area (Å²) in [5, 5.41) is 11.3. The number of carbonyl (C=O) groups excluding carboxylic acids is 8. The quantitative estimate of drug-likeness (QED) is 0.0945. The Bertz CT molecular complexity index is 1470. The van der Waals surface area contributed by atoms with Crippen molar-refractivity contribution in [3.8, 4) is 0 Å². The van der Waals surface area contributed by atoms with E-state index in [2.05, 4.69) is 21.3 Å². The number of hydrogen-bond acceptors (Lipinski definition) is 9. The van der Waals surface area contributed by atoms with E-state index in [4.69, 9.17) is 0 Å². The molecule has 16 nitrogen and oxygen atoms in total. The van der Waals surface area contributed by atoms with E-state index in [9.17, 15) is 38.4 Å². The summed E-state index contributed by atoms with van der Waals surface area (Å²) >= 11 is 0. The first-order valence-electron chi connectivity index (χ1n) is 22.2. The molecule has 0 aliphatic heterocycles. The molecule has 61 heavy (non-hydrogen) atoms. The maximum Gasteiger partial charge on any atom is 0.245 e. The second-order valence-corrected chi connectivity index (χ2v) is 19.3. The number of carbonyl (C=O) groups is 8. The highest BCUT2D eigenvalue weighted by atomic mass is 16.2. The molecule has 8 atom stereocenters. The van der Waals surface area contributed by atoms with Crippen LogP contribution in [0.1, 0.15) is 123 Å². The lowest BCUT2D eigenvalue weighted by Gasteiger charge is -2.38. The van der Waals surface area contributed by atoms with E-state index in [1.165, 1.54) is 54.6 Å². The van der Waals surface area contributed by atoms with Gasteiger partial charge in [-0.1, -0.05) is 83.1 Å². The molecule has 352 valence electrons. The minimum atomic E-state index is -1.11. The zero-order valence-electron chi connectivity index (χ0n) is 41.0. The average molecular weight is 865 g/mol. The van der Waals surface area contributed by atoms with Gasteiger partial charge in [0.25, 0.3) is 0 Å². The molecule has 0 aliphatic rings. The predicted octanol–water partition coefficient (Wildman–Crippen LogP) is 3.07. The maximum atomic E-state index is 14.3. The molecule has 4 N–H and O–H groups in total. The minimum Gasteiger partial charge on any atom is -0.343 e. The summed E-state index contributed by atoms with van der Waals surface area (Å²) in [6, 6.07) is -7.12. The molecule has 0 unspecified atom stereocenters. The normalized spacial score (nSPS) is 15.7. The highest BCUT2D eigenvalue weighted by Gasteiger charge is 2.40. The third-order valence-corrected chi connectivity index (χ3v) is 11.1. The van der Waals surface area contributed by atoms with E-state index in [0.717, 1.165) is 6.29 Å². The van der Waals surface area contributed by atoms with Gasteiger partial charge in [0, 0.05) is 28.2 Å². The number of nitrogens with zero attached hydrogens (tertiary/aromatic N) is 4. The highest BCUT2D eigenvalue weighted by Crippen LogP contribution is 2.21. The standard InChI is InChI=1S/C45H84N8O8/c1-25(2)20-33(46-15)40(56)49-38(30(11)12)45(61)50(16)34(21-26(3)4)41(57)47-31(13)39(55)48-32(14)42(58)51(17)35(22-27(5)6)43(59)52(18)36(23-28(7)8)44(60)53(19)37(24-54)29(9)10/h24-38,46H,20-23H2,1-19H3,(H,47,57)(H,48,55)(H,49,56)/t31-,32-,33-,34-,35+,36+,37-,38-/m1/s1. The molecule has 0 spiro atoms. The molecular formula is C45H84N8O8. The van der Waals surface area contributed by atoms with E-state index in [0.29, 0.717) is 12.8 Å². The molecule has 7 amide bonds. The minimum absolute atomic E-state index is 0.0105. The average Bonchev–Trinajstić information content (AvgIpc) is 3.16. The number of nitrogens with one attached hydrogen (secondary N) is 4. The van der Waals surface area contributed by atoms with Crippen molar-refractivity contribution in [2.24, 2.45) is 35.5 Å². The van der Waals surface area contributed by atoms with Crippen molar-refractivity contribution in [1.29, 1.82) is 0 Å². The first kappa shape index (κ1) is 56.9. The smallest absolute Gasteiger partial charge is 0.245 e. The predicted molar refractivity (Wildman–Crippen MR) is 240 cm³/mol. The summed E-state index contributed by atoms with van der Waals surface area (Å²) in [5.74, 6) is -3.53. The monoisotopic (exact) mass is 865 g/mol. The molecule has 0 aliphatic carbocycles. The lowest BCUT2D eigenvalue weighted by molar-refractivity contribution is -0.152. The molecule has 0 saturated carbocycles. The van der Waals surface area contributed by atoms with Crippen molar-refractivity contribution in [2.45, 2.75) is 171 Å². The molecule has 0 radical (unpaired) electrons. The molecule has 16 heteroatoms. The molecule has 0 aromatic carbocycles. The lowest BCUT2D eigenvalue weighted by atomic mass is 9.96. The molecule has 0 aromatic rings. The Hall–Kier alpha value is -4.08. The first-order valence-corrected chi connectivity index (χ1v) is 22.2. The summed E-state index contributed by atoms with van der Waals surface area (Å²) in [5.41, 5.74) is 0. The second-order valence-electron chi connectivity index (χ2n) is 19.3. The van der Waals surface area contributed by atoms with Gasteiger partial charge in [-0.2, -0.15) is 0 Å². The molecule has 0 fully saturated rings. The summed E-state index contributed by atoms with van der Waals surface area (Å²) in [4.78, 5) is 114. The largest absolute Gasteiger partial charge is 0.343 e. The summed E-state index contributed by atoms with van der Waals surface area (Å²) in [6.07, 6.45) is 2.20. The van der Waals surface area contributed by atoms with E-state index >= 15 is 0 Å². The van der Waals surface area contributed by atoms with Crippen LogP contribution in [0.5, 0.6) is 0 Å². The fraction of sp³-hybridized carbons (Fsp3) is 0.822. The van der Waals surface area contributed by atoms with Crippen LogP contribution in [0.2, 0.25) is 0 Å². The summed E-state index contributed by atoms with van der Waals surface area (Å²) < 4.78 is 0. The molecule has 0 bridgehead atoms. The van der Waals surface area contributed by atoms with E-state index in [1.807, 2.05) is 83.1 Å². The summed E-state index contributed by atoms with van der Waals surface area (Å²) in [6.45, 7) is 25.8. The Labute approximate surface area is 367 Å². The molecule has 0 rings (SSSR count). The van der Waals surface area contributed by atoms with E-state index in [-0.39, 0.29) is 60.2 Å². The van der Waals surface area contributed by atoms with Crippen molar-refractivity contribution in [1.82, 2.24) is 40.9 Å². The SMILES string of the molecule is CN[C@H](CC(C)C)C(=O)N[C@@H](C(=O)N(C)[C@H](CC(C)C)C(=O)N[C@H](C)C(=O)N[C@H](C)C(=O)N(C)[C@@H](CC(C)C)C(=O)N(C)[C@@H](CC(C)C)C(=O)N(C)[C@H](C=O)C(C)C)C(C)C. The van der Waals surface area contributed by atoms with Gasteiger partial charge in [0.05, 0.1) is 12.1 Å². The van der Waals surface area contributed by atoms with Crippen LogP contribution in [0.4, 0.5) is 0 Å². The molecule has 0 saturated heterocycles. The van der Waals surface area contributed by atoms with Gasteiger partial charge in [0.1, 0.15) is 42.5 Å². The molecule has 0 heterocycles. The first-order chi connectivity index (χ1) is 28.0. The van der Waals surface area contributed by atoms with Crippen molar-refractivity contribution >= 4 is 47.6 Å². The van der Waals surface area contributed by atoms with Crippen molar-refractivity contribution in [3.05, 3.63) is 0 Å². The van der Waals surface area contributed by atoms with E-state index in [1.54, 1.807) is 14.1 Å². The summed E-state index contributed by atoms with van der Waals surface area (Å²) in [7, 11) is 7.79. The number of rotatable bonds is 26. The van der Waals surface area contributed by atoms with Crippen LogP contribution < -0.4 is 21.3 Å². The molecule has 0 aromatic heterocycles. The fourth-order valence-electron chi connectivity index (χ4n) is 7.30. The van der Waals surface area contributed by atoms with Crippen LogP contribution in [0.15, 0.2) is 0 Å². The number of likely N-dealkylation sites (N-methyl/N-ethyl adjacent to an activating group) is 5. The maximum absolute atomic E-state index is 14.3. The van der Waals surface area contributed by atoms with Gasteiger partial charge in [-0.15, -0.1) is 0 Å². The zero-order valence-corrected chi connectivity index (χ0v) is 41.0. The van der Waals surface area contributed by atoms with Gasteiger partial charge in [0.2, 0.25) is 41.4 Å². The fourth-order valence-corrected chi connectivity index (χ4v) is 7.30. The van der Waals surface area contributed by atoms with Crippen LogP contribution in [-0.2, 0) is 38.4 Å². The Kier molecular flexibility index (Phi) is 24.6. The topological polar surface area (TPSA) is 198 Å². The highest BCUT2D eigenvalue weighted by molar-refractivity contribution is 5.97. The van der Waals surface area contributed by atoms with Gasteiger partial charge in [-0.05, 0) is 82.1 Å². The third kappa shape index (κ3) is 17.7. The molecular weight excluding hydrogens is 781 g/mol. The van der Waals surface area contributed by atoms with Crippen molar-refractivity contribution in [3.63, 3.8) is 0 Å².